The van der Waals surface area contributed by atoms with Crippen LogP contribution in [0.5, 0.6) is 0 Å². The zero-order valence-electron chi connectivity index (χ0n) is 12.5. The van der Waals surface area contributed by atoms with E-state index in [9.17, 15) is 0 Å². The standard InChI is InChI=1S/C18H24N2/c1-3-20(13-17-14(2)11-12-19-17)18-10-6-8-15-7-4-5-9-16(15)18/h4-10,14,17,19H,3,11-13H2,1-2H3. The lowest BCUT2D eigenvalue weighted by Crippen LogP contribution is -2.40. The van der Waals surface area contributed by atoms with Crippen molar-refractivity contribution in [1.82, 2.24) is 5.32 Å². The molecule has 1 aliphatic heterocycles. The molecule has 0 amide bonds. The molecule has 1 fully saturated rings. The lowest BCUT2D eigenvalue weighted by atomic mass is 10.0. The Morgan fingerprint density at radius 3 is 2.70 bits per heavy atom. The predicted octanol–water partition coefficient (Wildman–Crippen LogP) is 3.66. The maximum atomic E-state index is 3.65. The second-order valence-corrected chi connectivity index (χ2v) is 5.86. The molecule has 0 aliphatic carbocycles. The van der Waals surface area contributed by atoms with Crippen LogP contribution in [0.4, 0.5) is 5.69 Å². The maximum absolute atomic E-state index is 3.65. The molecule has 2 nitrogen and oxygen atoms in total. The Balaban J connectivity index is 1.91. The van der Waals surface area contributed by atoms with Gasteiger partial charge in [0.05, 0.1) is 0 Å². The predicted molar refractivity (Wildman–Crippen MR) is 87.4 cm³/mol. The van der Waals surface area contributed by atoms with E-state index in [-0.39, 0.29) is 0 Å². The highest BCUT2D eigenvalue weighted by Crippen LogP contribution is 2.28. The number of anilines is 1. The normalized spacial score (nSPS) is 22.3. The summed E-state index contributed by atoms with van der Waals surface area (Å²) in [7, 11) is 0. The van der Waals surface area contributed by atoms with Gasteiger partial charge in [-0.25, -0.2) is 0 Å². The van der Waals surface area contributed by atoms with Gasteiger partial charge in [-0.2, -0.15) is 0 Å². The molecule has 0 bridgehead atoms. The Morgan fingerprint density at radius 1 is 1.15 bits per heavy atom. The largest absolute Gasteiger partial charge is 0.370 e. The van der Waals surface area contributed by atoms with Crippen LogP contribution >= 0.6 is 0 Å². The highest BCUT2D eigenvalue weighted by Gasteiger charge is 2.24. The van der Waals surface area contributed by atoms with E-state index in [2.05, 4.69) is 66.5 Å². The van der Waals surface area contributed by atoms with Crippen molar-refractivity contribution >= 4 is 16.5 Å². The van der Waals surface area contributed by atoms with Crippen molar-refractivity contribution in [2.24, 2.45) is 5.92 Å². The Hall–Kier alpha value is -1.54. The molecule has 3 rings (SSSR count). The minimum Gasteiger partial charge on any atom is -0.370 e. The number of fused-ring (bicyclic) bond motifs is 1. The molecule has 0 saturated carbocycles. The smallest absolute Gasteiger partial charge is 0.0446 e. The van der Waals surface area contributed by atoms with Crippen LogP contribution in [0.15, 0.2) is 42.5 Å². The van der Waals surface area contributed by atoms with Crippen molar-refractivity contribution in [3.8, 4) is 0 Å². The molecule has 20 heavy (non-hydrogen) atoms. The van der Waals surface area contributed by atoms with Crippen LogP contribution < -0.4 is 10.2 Å². The summed E-state index contributed by atoms with van der Waals surface area (Å²) in [4.78, 5) is 2.52. The van der Waals surface area contributed by atoms with Crippen molar-refractivity contribution in [1.29, 1.82) is 0 Å². The van der Waals surface area contributed by atoms with Gasteiger partial charge in [-0.15, -0.1) is 0 Å². The maximum Gasteiger partial charge on any atom is 0.0446 e. The molecule has 1 heterocycles. The summed E-state index contributed by atoms with van der Waals surface area (Å²) in [5.74, 6) is 0.777. The highest BCUT2D eigenvalue weighted by atomic mass is 15.2. The van der Waals surface area contributed by atoms with E-state index in [4.69, 9.17) is 0 Å². The summed E-state index contributed by atoms with van der Waals surface area (Å²) in [6, 6.07) is 15.9. The van der Waals surface area contributed by atoms with Gasteiger partial charge in [0.15, 0.2) is 0 Å². The Labute approximate surface area is 121 Å². The van der Waals surface area contributed by atoms with Crippen molar-refractivity contribution in [2.75, 3.05) is 24.5 Å². The summed E-state index contributed by atoms with van der Waals surface area (Å²) in [5, 5.41) is 6.34. The third kappa shape index (κ3) is 2.53. The first-order valence-corrected chi connectivity index (χ1v) is 7.75. The number of benzene rings is 2. The lowest BCUT2D eigenvalue weighted by Gasteiger charge is -2.29. The van der Waals surface area contributed by atoms with E-state index in [1.807, 2.05) is 0 Å². The fraction of sp³-hybridized carbons (Fsp3) is 0.444. The van der Waals surface area contributed by atoms with Gasteiger partial charge in [0.1, 0.15) is 0 Å². The minimum atomic E-state index is 0.619. The van der Waals surface area contributed by atoms with Crippen LogP contribution in [-0.4, -0.2) is 25.7 Å². The number of hydrogen-bond donors (Lipinski definition) is 1. The number of hydrogen-bond acceptors (Lipinski definition) is 2. The van der Waals surface area contributed by atoms with E-state index in [0.29, 0.717) is 6.04 Å². The summed E-state index contributed by atoms with van der Waals surface area (Å²) >= 11 is 0. The zero-order chi connectivity index (χ0) is 13.9. The fourth-order valence-corrected chi connectivity index (χ4v) is 3.26. The molecule has 2 aromatic carbocycles. The van der Waals surface area contributed by atoms with E-state index in [0.717, 1.165) is 19.0 Å². The molecule has 106 valence electrons. The summed E-state index contributed by atoms with van der Waals surface area (Å²) in [5.41, 5.74) is 1.37. The Morgan fingerprint density at radius 2 is 1.95 bits per heavy atom. The lowest BCUT2D eigenvalue weighted by molar-refractivity contribution is 0.477. The SMILES string of the molecule is CCN(CC1NCCC1C)c1cccc2ccccc12. The number of rotatable bonds is 4. The number of likely N-dealkylation sites (N-methyl/N-ethyl adjacent to an activating group) is 1. The molecule has 0 radical (unpaired) electrons. The number of nitrogens with one attached hydrogen (secondary N) is 1. The highest BCUT2D eigenvalue weighted by molar-refractivity contribution is 5.94. The molecule has 2 atom stereocenters. The van der Waals surface area contributed by atoms with Gasteiger partial charge in [0.2, 0.25) is 0 Å². The molecule has 2 unspecified atom stereocenters. The molecule has 0 aromatic heterocycles. The third-order valence-electron chi connectivity index (χ3n) is 4.60. The first kappa shape index (κ1) is 13.4. The van der Waals surface area contributed by atoms with Gasteiger partial charge in [0, 0.05) is 30.2 Å². The van der Waals surface area contributed by atoms with Crippen LogP contribution in [0.1, 0.15) is 20.3 Å². The van der Waals surface area contributed by atoms with Crippen LogP contribution in [0.3, 0.4) is 0 Å². The van der Waals surface area contributed by atoms with Gasteiger partial charge in [0.25, 0.3) is 0 Å². The van der Waals surface area contributed by atoms with E-state index in [1.165, 1.54) is 29.4 Å². The van der Waals surface area contributed by atoms with Gasteiger partial charge in [-0.05, 0) is 37.3 Å². The first-order valence-electron chi connectivity index (χ1n) is 7.75. The Bertz CT molecular complexity index is 573. The molecule has 2 heteroatoms. The molecule has 0 spiro atoms. The van der Waals surface area contributed by atoms with Gasteiger partial charge in [-0.1, -0.05) is 43.3 Å². The number of nitrogens with zero attached hydrogens (tertiary/aromatic N) is 1. The molecule has 2 aromatic rings. The third-order valence-corrected chi connectivity index (χ3v) is 4.60. The fourth-order valence-electron chi connectivity index (χ4n) is 3.26. The minimum absolute atomic E-state index is 0.619. The van der Waals surface area contributed by atoms with Crippen molar-refractivity contribution in [2.45, 2.75) is 26.3 Å². The molecule has 1 N–H and O–H groups in total. The molecular formula is C18H24N2. The average Bonchev–Trinajstić information content (AvgIpc) is 2.89. The van der Waals surface area contributed by atoms with E-state index >= 15 is 0 Å². The van der Waals surface area contributed by atoms with Crippen molar-refractivity contribution < 1.29 is 0 Å². The average molecular weight is 268 g/mol. The van der Waals surface area contributed by atoms with Gasteiger partial charge in [-0.3, -0.25) is 0 Å². The van der Waals surface area contributed by atoms with Crippen LogP contribution in [0.25, 0.3) is 10.8 Å². The zero-order valence-corrected chi connectivity index (χ0v) is 12.5. The summed E-state index contributed by atoms with van der Waals surface area (Å²) in [6.45, 7) is 7.94. The van der Waals surface area contributed by atoms with Gasteiger partial charge < -0.3 is 10.2 Å². The van der Waals surface area contributed by atoms with Crippen molar-refractivity contribution in [3.63, 3.8) is 0 Å². The van der Waals surface area contributed by atoms with Crippen molar-refractivity contribution in [3.05, 3.63) is 42.5 Å². The second kappa shape index (κ2) is 5.84. The van der Waals surface area contributed by atoms with Crippen LogP contribution in [-0.2, 0) is 0 Å². The Kier molecular flexibility index (Phi) is 3.93. The van der Waals surface area contributed by atoms with Gasteiger partial charge >= 0.3 is 0 Å². The summed E-state index contributed by atoms with van der Waals surface area (Å²) < 4.78 is 0. The summed E-state index contributed by atoms with van der Waals surface area (Å²) in [6.07, 6.45) is 1.30. The molecular weight excluding hydrogens is 244 g/mol. The molecule has 1 aliphatic rings. The quantitative estimate of drug-likeness (QED) is 0.910. The van der Waals surface area contributed by atoms with E-state index in [1.54, 1.807) is 0 Å². The first-order chi connectivity index (χ1) is 9.79. The van der Waals surface area contributed by atoms with Crippen LogP contribution in [0.2, 0.25) is 0 Å². The van der Waals surface area contributed by atoms with E-state index < -0.39 is 0 Å². The monoisotopic (exact) mass is 268 g/mol. The topological polar surface area (TPSA) is 15.3 Å². The van der Waals surface area contributed by atoms with Crippen LogP contribution in [0, 0.1) is 5.92 Å². The molecule has 1 saturated heterocycles. The second-order valence-electron chi connectivity index (χ2n) is 5.86.